The zero-order valence-electron chi connectivity index (χ0n) is 9.18. The fourth-order valence-electron chi connectivity index (χ4n) is 1.96. The van der Waals surface area contributed by atoms with Crippen LogP contribution in [0.25, 0.3) is 0 Å². The Morgan fingerprint density at radius 3 is 2.46 bits per heavy atom. The minimum absolute atomic E-state index is 0.720. The summed E-state index contributed by atoms with van der Waals surface area (Å²) in [7, 11) is 0. The van der Waals surface area contributed by atoms with Crippen LogP contribution in [0.2, 0.25) is 0 Å². The van der Waals surface area contributed by atoms with Gasteiger partial charge < -0.3 is 10.2 Å². The molecule has 13 heavy (non-hydrogen) atoms. The maximum atomic E-state index is 3.60. The Bertz CT molecular complexity index is 119. The van der Waals surface area contributed by atoms with Crippen molar-refractivity contribution in [3.8, 4) is 0 Å². The zero-order chi connectivity index (χ0) is 9.52. The van der Waals surface area contributed by atoms with Gasteiger partial charge in [0, 0.05) is 12.6 Å². The Morgan fingerprint density at radius 2 is 1.92 bits per heavy atom. The molecule has 0 amide bonds. The summed E-state index contributed by atoms with van der Waals surface area (Å²) in [5.74, 6) is 0. The first-order valence-corrected chi connectivity index (χ1v) is 5.82. The average Bonchev–Trinajstić information content (AvgIpc) is 2.64. The van der Waals surface area contributed by atoms with E-state index in [1.807, 2.05) is 0 Å². The number of likely N-dealkylation sites (tertiary alicyclic amines) is 1. The summed E-state index contributed by atoms with van der Waals surface area (Å²) in [6.45, 7) is 9.59. The van der Waals surface area contributed by atoms with Crippen molar-refractivity contribution in [2.24, 2.45) is 0 Å². The second-order valence-corrected chi connectivity index (χ2v) is 4.07. The summed E-state index contributed by atoms with van der Waals surface area (Å²) in [6, 6.07) is 0.720. The molecule has 1 aliphatic rings. The summed E-state index contributed by atoms with van der Waals surface area (Å²) >= 11 is 0. The lowest BCUT2D eigenvalue weighted by Crippen LogP contribution is -2.39. The van der Waals surface area contributed by atoms with Crippen molar-refractivity contribution in [2.75, 3.05) is 26.2 Å². The summed E-state index contributed by atoms with van der Waals surface area (Å²) in [6.07, 6.45) is 5.32. The number of rotatable bonds is 6. The van der Waals surface area contributed by atoms with Crippen LogP contribution in [-0.2, 0) is 0 Å². The molecule has 2 heteroatoms. The fraction of sp³-hybridized carbons (Fsp3) is 1.00. The van der Waals surface area contributed by atoms with Crippen molar-refractivity contribution in [3.63, 3.8) is 0 Å². The highest BCUT2D eigenvalue weighted by molar-refractivity contribution is 4.74. The quantitative estimate of drug-likeness (QED) is 0.678. The minimum Gasteiger partial charge on any atom is -0.313 e. The predicted molar refractivity (Wildman–Crippen MR) is 58.0 cm³/mol. The fourth-order valence-corrected chi connectivity index (χ4v) is 1.96. The van der Waals surface area contributed by atoms with Gasteiger partial charge in [0.05, 0.1) is 0 Å². The highest BCUT2D eigenvalue weighted by Gasteiger charge is 2.15. The largest absolute Gasteiger partial charge is 0.313 e. The Kier molecular flexibility index (Phi) is 5.40. The molecule has 1 aliphatic heterocycles. The summed E-state index contributed by atoms with van der Waals surface area (Å²) in [5.41, 5.74) is 0. The SMILES string of the molecule is CCCNC(CC)CN1CCCC1. The summed E-state index contributed by atoms with van der Waals surface area (Å²) < 4.78 is 0. The number of hydrogen-bond acceptors (Lipinski definition) is 2. The first-order chi connectivity index (χ1) is 6.36. The molecule has 2 nitrogen and oxygen atoms in total. The molecule has 0 radical (unpaired) electrons. The lowest BCUT2D eigenvalue weighted by Gasteiger charge is -2.23. The van der Waals surface area contributed by atoms with E-state index in [0.29, 0.717) is 0 Å². The lowest BCUT2D eigenvalue weighted by atomic mass is 10.2. The number of nitrogens with zero attached hydrogens (tertiary/aromatic N) is 1. The van der Waals surface area contributed by atoms with Gasteiger partial charge in [0.1, 0.15) is 0 Å². The van der Waals surface area contributed by atoms with Gasteiger partial charge >= 0.3 is 0 Å². The van der Waals surface area contributed by atoms with Crippen molar-refractivity contribution >= 4 is 0 Å². The van der Waals surface area contributed by atoms with Crippen LogP contribution >= 0.6 is 0 Å². The molecule has 1 unspecified atom stereocenters. The van der Waals surface area contributed by atoms with Gasteiger partial charge in [-0.15, -0.1) is 0 Å². The second-order valence-electron chi connectivity index (χ2n) is 4.07. The first-order valence-electron chi connectivity index (χ1n) is 5.82. The monoisotopic (exact) mass is 184 g/mol. The van der Waals surface area contributed by atoms with Gasteiger partial charge in [0.25, 0.3) is 0 Å². The van der Waals surface area contributed by atoms with Crippen molar-refractivity contribution in [3.05, 3.63) is 0 Å². The molecule has 0 aromatic heterocycles. The van der Waals surface area contributed by atoms with Gasteiger partial charge in [-0.3, -0.25) is 0 Å². The molecule has 0 aromatic carbocycles. The highest BCUT2D eigenvalue weighted by Crippen LogP contribution is 2.08. The van der Waals surface area contributed by atoms with Crippen LogP contribution in [0.5, 0.6) is 0 Å². The lowest BCUT2D eigenvalue weighted by molar-refractivity contribution is 0.286. The van der Waals surface area contributed by atoms with Crippen molar-refractivity contribution in [1.29, 1.82) is 0 Å². The van der Waals surface area contributed by atoms with E-state index >= 15 is 0 Å². The molecular formula is C11H24N2. The molecule has 0 aliphatic carbocycles. The summed E-state index contributed by atoms with van der Waals surface area (Å²) in [5, 5.41) is 3.60. The molecular weight excluding hydrogens is 160 g/mol. The molecule has 0 saturated carbocycles. The minimum atomic E-state index is 0.720. The molecule has 1 saturated heterocycles. The van der Waals surface area contributed by atoms with Crippen LogP contribution in [0, 0.1) is 0 Å². The van der Waals surface area contributed by atoms with E-state index in [4.69, 9.17) is 0 Å². The van der Waals surface area contributed by atoms with Crippen LogP contribution in [0.3, 0.4) is 0 Å². The van der Waals surface area contributed by atoms with Crippen LogP contribution in [0.15, 0.2) is 0 Å². The maximum Gasteiger partial charge on any atom is 0.0192 e. The number of nitrogens with one attached hydrogen (secondary N) is 1. The topological polar surface area (TPSA) is 15.3 Å². The molecule has 78 valence electrons. The Labute approximate surface area is 82.7 Å². The first kappa shape index (κ1) is 11.0. The van der Waals surface area contributed by atoms with Gasteiger partial charge in [-0.2, -0.15) is 0 Å². The maximum absolute atomic E-state index is 3.60. The van der Waals surface area contributed by atoms with Crippen molar-refractivity contribution < 1.29 is 0 Å². The predicted octanol–water partition coefficient (Wildman–Crippen LogP) is 1.86. The Morgan fingerprint density at radius 1 is 1.23 bits per heavy atom. The van der Waals surface area contributed by atoms with Crippen LogP contribution in [0.1, 0.15) is 39.5 Å². The van der Waals surface area contributed by atoms with E-state index < -0.39 is 0 Å². The van der Waals surface area contributed by atoms with E-state index in [1.165, 1.54) is 51.9 Å². The van der Waals surface area contributed by atoms with Crippen molar-refractivity contribution in [2.45, 2.75) is 45.6 Å². The van der Waals surface area contributed by atoms with E-state index in [2.05, 4.69) is 24.1 Å². The van der Waals surface area contributed by atoms with Gasteiger partial charge in [-0.1, -0.05) is 13.8 Å². The smallest absolute Gasteiger partial charge is 0.0192 e. The van der Waals surface area contributed by atoms with E-state index in [-0.39, 0.29) is 0 Å². The Balaban J connectivity index is 2.13. The van der Waals surface area contributed by atoms with E-state index in [1.54, 1.807) is 0 Å². The van der Waals surface area contributed by atoms with Crippen LogP contribution in [0.4, 0.5) is 0 Å². The van der Waals surface area contributed by atoms with Crippen molar-refractivity contribution in [1.82, 2.24) is 10.2 Å². The molecule has 1 heterocycles. The molecule has 1 rings (SSSR count). The van der Waals surface area contributed by atoms with Gasteiger partial charge in [0.15, 0.2) is 0 Å². The standard InChI is InChI=1S/C11H24N2/c1-3-7-12-11(4-2)10-13-8-5-6-9-13/h11-12H,3-10H2,1-2H3. The molecule has 1 N–H and O–H groups in total. The molecule has 0 aromatic rings. The normalized spacial score (nSPS) is 20.8. The summed E-state index contributed by atoms with van der Waals surface area (Å²) in [4.78, 5) is 2.59. The third-order valence-electron chi connectivity index (χ3n) is 2.85. The van der Waals surface area contributed by atoms with Gasteiger partial charge in [0.2, 0.25) is 0 Å². The molecule has 0 bridgehead atoms. The molecule has 1 atom stereocenters. The number of hydrogen-bond donors (Lipinski definition) is 1. The average molecular weight is 184 g/mol. The van der Waals surface area contributed by atoms with Crippen LogP contribution in [-0.4, -0.2) is 37.1 Å². The highest BCUT2D eigenvalue weighted by atomic mass is 15.2. The third kappa shape index (κ3) is 4.10. The van der Waals surface area contributed by atoms with Crippen LogP contribution < -0.4 is 5.32 Å². The molecule has 1 fully saturated rings. The zero-order valence-corrected chi connectivity index (χ0v) is 9.18. The third-order valence-corrected chi connectivity index (χ3v) is 2.85. The van der Waals surface area contributed by atoms with E-state index in [9.17, 15) is 0 Å². The Hall–Kier alpha value is -0.0800. The molecule has 0 spiro atoms. The van der Waals surface area contributed by atoms with E-state index in [0.717, 1.165) is 6.04 Å². The van der Waals surface area contributed by atoms with Gasteiger partial charge in [-0.25, -0.2) is 0 Å². The second kappa shape index (κ2) is 6.39. The van der Waals surface area contributed by atoms with Gasteiger partial charge in [-0.05, 0) is 45.3 Å².